The Labute approximate surface area is 225 Å². The smallest absolute Gasteiger partial charge is 0.379 e. The van der Waals surface area contributed by atoms with Crippen LogP contribution in [0.25, 0.3) is 0 Å². The largest absolute Gasteiger partial charge is 0.416 e. The minimum Gasteiger partial charge on any atom is -0.379 e. The van der Waals surface area contributed by atoms with E-state index in [2.05, 4.69) is 11.8 Å². The Morgan fingerprint density at radius 1 is 1.26 bits per heavy atom. The highest BCUT2D eigenvalue weighted by molar-refractivity contribution is 5.84. The first-order valence-electron chi connectivity index (χ1n) is 14.6. The van der Waals surface area contributed by atoms with Gasteiger partial charge in [0.05, 0.1) is 23.7 Å². The maximum atomic E-state index is 14.3. The summed E-state index contributed by atoms with van der Waals surface area (Å²) in [6.45, 7) is 5.34. The molecule has 5 aliphatic rings. The SMILES string of the molecule is CCN(C1CC2CCCC2(C(=O)N2CCC3=C(C=C(C(F)(F)F)C=CCCC3)C2)C1)C1CCOCC1OC. The molecule has 38 heavy (non-hydrogen) atoms. The van der Waals surface area contributed by atoms with E-state index in [1.807, 2.05) is 4.90 Å². The molecule has 2 aliphatic heterocycles. The zero-order valence-electron chi connectivity index (χ0n) is 22.9. The Balaban J connectivity index is 1.37. The molecule has 0 aromatic heterocycles. The molecule has 5 rings (SSSR count). The maximum absolute atomic E-state index is 14.3. The zero-order chi connectivity index (χ0) is 26.9. The van der Waals surface area contributed by atoms with Crippen molar-refractivity contribution in [1.82, 2.24) is 9.80 Å². The van der Waals surface area contributed by atoms with Gasteiger partial charge in [-0.3, -0.25) is 9.69 Å². The number of halogens is 3. The molecule has 1 saturated heterocycles. The summed E-state index contributed by atoms with van der Waals surface area (Å²) in [6.07, 6.45) is 8.55. The van der Waals surface area contributed by atoms with E-state index in [-0.39, 0.29) is 18.1 Å². The van der Waals surface area contributed by atoms with Gasteiger partial charge in [0.25, 0.3) is 0 Å². The van der Waals surface area contributed by atoms with Gasteiger partial charge in [-0.05, 0) is 81.9 Å². The number of rotatable bonds is 5. The Morgan fingerprint density at radius 2 is 2.11 bits per heavy atom. The lowest BCUT2D eigenvalue weighted by atomic mass is 9.78. The molecular formula is C30H43F3N2O3. The van der Waals surface area contributed by atoms with Crippen molar-refractivity contribution in [3.8, 4) is 0 Å². The molecule has 0 radical (unpaired) electrons. The summed E-state index contributed by atoms with van der Waals surface area (Å²) in [6, 6.07) is 0.608. The molecule has 5 unspecified atom stereocenters. The van der Waals surface area contributed by atoms with Gasteiger partial charge in [-0.15, -0.1) is 0 Å². The Bertz CT molecular complexity index is 974. The lowest BCUT2D eigenvalue weighted by molar-refractivity contribution is -0.143. The number of amides is 1. The van der Waals surface area contributed by atoms with Gasteiger partial charge in [-0.1, -0.05) is 31.1 Å². The number of ether oxygens (including phenoxy) is 2. The molecule has 212 valence electrons. The number of hydrogen-bond donors (Lipinski definition) is 0. The summed E-state index contributed by atoms with van der Waals surface area (Å²) >= 11 is 0. The van der Waals surface area contributed by atoms with Crippen molar-refractivity contribution in [2.24, 2.45) is 11.3 Å². The number of fused-ring (bicyclic) bond motifs is 1. The molecule has 8 heteroatoms. The molecule has 0 aromatic rings. The van der Waals surface area contributed by atoms with E-state index in [1.54, 1.807) is 13.2 Å². The Hall–Kier alpha value is -1.64. The van der Waals surface area contributed by atoms with Gasteiger partial charge in [0.15, 0.2) is 0 Å². The van der Waals surface area contributed by atoms with E-state index in [9.17, 15) is 18.0 Å². The summed E-state index contributed by atoms with van der Waals surface area (Å²) in [4.78, 5) is 18.8. The van der Waals surface area contributed by atoms with Gasteiger partial charge in [-0.25, -0.2) is 0 Å². The molecule has 2 saturated carbocycles. The number of allylic oxidation sites excluding steroid dienone is 3. The van der Waals surface area contributed by atoms with Crippen molar-refractivity contribution >= 4 is 5.91 Å². The van der Waals surface area contributed by atoms with E-state index in [4.69, 9.17) is 9.47 Å². The fourth-order valence-electron chi connectivity index (χ4n) is 8.08. The summed E-state index contributed by atoms with van der Waals surface area (Å²) in [7, 11) is 1.75. The fraction of sp³-hybridized carbons (Fsp3) is 0.767. The molecular weight excluding hydrogens is 493 g/mol. The predicted octanol–water partition coefficient (Wildman–Crippen LogP) is 5.82. The Morgan fingerprint density at radius 3 is 2.87 bits per heavy atom. The number of hydrogen-bond acceptors (Lipinski definition) is 4. The number of carbonyl (C=O) groups excluding carboxylic acids is 1. The highest BCUT2D eigenvalue weighted by Crippen LogP contribution is 2.57. The normalized spacial score (nSPS) is 34.5. The third-order valence-electron chi connectivity index (χ3n) is 9.96. The summed E-state index contributed by atoms with van der Waals surface area (Å²) in [5.41, 5.74) is 0.788. The highest BCUT2D eigenvalue weighted by atomic mass is 19.4. The number of nitrogens with zero attached hydrogens (tertiary/aromatic N) is 2. The first kappa shape index (κ1) is 27.9. The minimum absolute atomic E-state index is 0.0373. The molecule has 1 amide bonds. The second kappa shape index (κ2) is 11.5. The number of likely N-dealkylation sites (N-methyl/N-ethyl adjacent to an activating group) is 1. The van der Waals surface area contributed by atoms with E-state index in [0.29, 0.717) is 50.1 Å². The monoisotopic (exact) mass is 536 g/mol. The van der Waals surface area contributed by atoms with Gasteiger partial charge in [0, 0.05) is 38.9 Å². The molecule has 0 spiro atoms. The van der Waals surface area contributed by atoms with Crippen LogP contribution in [0.15, 0.2) is 34.9 Å². The van der Waals surface area contributed by atoms with Gasteiger partial charge in [-0.2, -0.15) is 13.2 Å². The average molecular weight is 537 g/mol. The van der Waals surface area contributed by atoms with Gasteiger partial charge in [0.1, 0.15) is 0 Å². The molecule has 0 bridgehead atoms. The van der Waals surface area contributed by atoms with Crippen molar-refractivity contribution in [3.63, 3.8) is 0 Å². The lowest BCUT2D eigenvalue weighted by Gasteiger charge is -2.42. The molecule has 5 nitrogen and oxygen atoms in total. The molecule has 5 atom stereocenters. The van der Waals surface area contributed by atoms with Crippen molar-refractivity contribution in [3.05, 3.63) is 34.9 Å². The average Bonchev–Trinajstić information content (AvgIpc) is 3.49. The van der Waals surface area contributed by atoms with Crippen LogP contribution in [-0.2, 0) is 14.3 Å². The topological polar surface area (TPSA) is 42.0 Å². The van der Waals surface area contributed by atoms with E-state index in [0.717, 1.165) is 70.1 Å². The van der Waals surface area contributed by atoms with Crippen LogP contribution >= 0.6 is 0 Å². The van der Waals surface area contributed by atoms with Crippen LogP contribution in [0.5, 0.6) is 0 Å². The zero-order valence-corrected chi connectivity index (χ0v) is 22.9. The van der Waals surface area contributed by atoms with Gasteiger partial charge >= 0.3 is 6.18 Å². The van der Waals surface area contributed by atoms with Crippen LogP contribution in [0.4, 0.5) is 13.2 Å². The fourth-order valence-corrected chi connectivity index (χ4v) is 8.08. The van der Waals surface area contributed by atoms with Crippen LogP contribution in [0.2, 0.25) is 0 Å². The van der Waals surface area contributed by atoms with Gasteiger partial charge in [0.2, 0.25) is 5.91 Å². The van der Waals surface area contributed by atoms with Gasteiger partial charge < -0.3 is 14.4 Å². The van der Waals surface area contributed by atoms with E-state index in [1.165, 1.54) is 12.2 Å². The van der Waals surface area contributed by atoms with Crippen molar-refractivity contribution in [2.45, 2.75) is 95.5 Å². The molecule has 0 aromatic carbocycles. The second-order valence-corrected chi connectivity index (χ2v) is 11.9. The molecule has 0 N–H and O–H groups in total. The lowest BCUT2D eigenvalue weighted by Crippen LogP contribution is -2.53. The third-order valence-corrected chi connectivity index (χ3v) is 9.96. The number of carbonyl (C=O) groups is 1. The van der Waals surface area contributed by atoms with E-state index < -0.39 is 17.2 Å². The van der Waals surface area contributed by atoms with Crippen LogP contribution in [0.3, 0.4) is 0 Å². The summed E-state index contributed by atoms with van der Waals surface area (Å²) in [5, 5.41) is 0. The van der Waals surface area contributed by atoms with Crippen LogP contribution < -0.4 is 0 Å². The Kier molecular flexibility index (Phi) is 8.42. The second-order valence-electron chi connectivity index (χ2n) is 11.9. The highest BCUT2D eigenvalue weighted by Gasteiger charge is 2.57. The third kappa shape index (κ3) is 5.37. The van der Waals surface area contributed by atoms with Crippen molar-refractivity contribution in [1.29, 1.82) is 0 Å². The molecule has 3 fully saturated rings. The quantitative estimate of drug-likeness (QED) is 0.444. The van der Waals surface area contributed by atoms with Crippen LogP contribution in [0, 0.1) is 11.3 Å². The summed E-state index contributed by atoms with van der Waals surface area (Å²) in [5.74, 6) is 0.521. The molecule has 2 heterocycles. The maximum Gasteiger partial charge on any atom is 0.416 e. The number of methoxy groups -OCH3 is 1. The predicted molar refractivity (Wildman–Crippen MR) is 141 cm³/mol. The first-order valence-corrected chi connectivity index (χ1v) is 14.6. The number of alkyl halides is 3. The minimum atomic E-state index is -4.40. The van der Waals surface area contributed by atoms with Crippen molar-refractivity contribution < 1.29 is 27.4 Å². The first-order chi connectivity index (χ1) is 18.3. The van der Waals surface area contributed by atoms with E-state index >= 15 is 0 Å². The summed E-state index contributed by atoms with van der Waals surface area (Å²) < 4.78 is 52.7. The van der Waals surface area contributed by atoms with Crippen LogP contribution in [-0.4, -0.2) is 80.0 Å². The molecule has 3 aliphatic carbocycles. The standard InChI is InChI=1S/C30H43F3N2O3/c1-3-35(26-12-15-38-20-27(26)37-2)25-17-23-10-7-13-29(23,18-25)28(36)34-14-11-21-8-5-4-6-9-24(30(31,32)33)16-22(21)19-34/h6,9,16,23,25-27H,3-5,7-8,10-15,17-20H2,1-2H3. The van der Waals surface area contributed by atoms with Crippen LogP contribution in [0.1, 0.15) is 71.1 Å². The van der Waals surface area contributed by atoms with Crippen molar-refractivity contribution in [2.75, 3.05) is 40.0 Å².